The zero-order valence-corrected chi connectivity index (χ0v) is 12.8. The minimum atomic E-state index is 0.650. The fraction of sp³-hybridized carbons (Fsp3) is 0.533. The summed E-state index contributed by atoms with van der Waals surface area (Å²) in [6.45, 7) is 5.42. The Morgan fingerprint density at radius 1 is 1.28 bits per heavy atom. The fourth-order valence-electron chi connectivity index (χ4n) is 2.35. The first-order chi connectivity index (χ1) is 8.76. The third-order valence-electron chi connectivity index (χ3n) is 3.41. The normalized spacial score (nSPS) is 13.1. The first kappa shape index (κ1) is 13.6. The van der Waals surface area contributed by atoms with Gasteiger partial charge in [0.25, 0.3) is 0 Å². The number of aromatic nitrogens is 2. The van der Waals surface area contributed by atoms with Gasteiger partial charge >= 0.3 is 0 Å². The molecule has 1 aromatic carbocycles. The molecule has 0 amide bonds. The van der Waals surface area contributed by atoms with Crippen molar-refractivity contribution in [1.82, 2.24) is 9.55 Å². The van der Waals surface area contributed by atoms with Gasteiger partial charge in [-0.2, -0.15) is 0 Å². The van der Waals surface area contributed by atoms with E-state index in [0.29, 0.717) is 4.83 Å². The van der Waals surface area contributed by atoms with Crippen molar-refractivity contribution in [2.75, 3.05) is 0 Å². The summed E-state index contributed by atoms with van der Waals surface area (Å²) in [4.78, 5) is 5.40. The van der Waals surface area contributed by atoms with Crippen LogP contribution in [-0.2, 0) is 13.0 Å². The molecule has 0 aliphatic rings. The van der Waals surface area contributed by atoms with Crippen LogP contribution in [0.1, 0.15) is 38.9 Å². The van der Waals surface area contributed by atoms with Gasteiger partial charge in [0.05, 0.1) is 11.0 Å². The average Bonchev–Trinajstić information content (AvgIpc) is 2.75. The van der Waals surface area contributed by atoms with E-state index in [9.17, 15) is 0 Å². The van der Waals surface area contributed by atoms with Crippen LogP contribution in [0.5, 0.6) is 0 Å². The molecule has 0 spiro atoms. The van der Waals surface area contributed by atoms with E-state index in [-0.39, 0.29) is 0 Å². The van der Waals surface area contributed by atoms with Crippen LogP contribution in [0.15, 0.2) is 24.3 Å². The van der Waals surface area contributed by atoms with Gasteiger partial charge in [0, 0.05) is 17.8 Å². The number of halogens is 1. The predicted molar refractivity (Wildman–Crippen MR) is 81.4 cm³/mol. The van der Waals surface area contributed by atoms with Crippen molar-refractivity contribution in [1.29, 1.82) is 0 Å². The molecule has 1 unspecified atom stereocenters. The Morgan fingerprint density at radius 3 is 2.78 bits per heavy atom. The van der Waals surface area contributed by atoms with E-state index in [4.69, 9.17) is 4.98 Å². The summed E-state index contributed by atoms with van der Waals surface area (Å²) in [5.74, 6) is 1.23. The molecule has 0 N–H and O–H groups in total. The number of aryl methyl sites for hydroxylation is 2. The van der Waals surface area contributed by atoms with Crippen LogP contribution in [0.2, 0.25) is 0 Å². The molecule has 18 heavy (non-hydrogen) atoms. The summed E-state index contributed by atoms with van der Waals surface area (Å²) < 4.78 is 2.34. The van der Waals surface area contributed by atoms with Crippen LogP contribution < -0.4 is 0 Å². The van der Waals surface area contributed by atoms with Crippen molar-refractivity contribution in [2.24, 2.45) is 0 Å². The molecule has 0 fully saturated rings. The van der Waals surface area contributed by atoms with Gasteiger partial charge in [-0.25, -0.2) is 4.98 Å². The topological polar surface area (TPSA) is 17.8 Å². The maximum Gasteiger partial charge on any atom is 0.109 e. The number of imidazole rings is 1. The Balaban J connectivity index is 2.12. The zero-order chi connectivity index (χ0) is 13.0. The van der Waals surface area contributed by atoms with E-state index in [1.165, 1.54) is 30.6 Å². The van der Waals surface area contributed by atoms with Crippen LogP contribution in [-0.4, -0.2) is 14.4 Å². The number of fused-ring (bicyclic) bond motifs is 1. The molecule has 0 aliphatic heterocycles. The summed E-state index contributed by atoms with van der Waals surface area (Å²) in [5.41, 5.74) is 2.39. The average molecular weight is 309 g/mol. The number of rotatable bonds is 6. The van der Waals surface area contributed by atoms with Gasteiger partial charge in [-0.05, 0) is 38.3 Å². The largest absolute Gasteiger partial charge is 0.328 e. The van der Waals surface area contributed by atoms with Crippen molar-refractivity contribution >= 4 is 27.0 Å². The zero-order valence-electron chi connectivity index (χ0n) is 11.2. The molecule has 0 radical (unpaired) electrons. The van der Waals surface area contributed by atoms with E-state index < -0.39 is 0 Å². The maximum atomic E-state index is 4.75. The van der Waals surface area contributed by atoms with Crippen LogP contribution in [0, 0.1) is 0 Å². The lowest BCUT2D eigenvalue weighted by Gasteiger charge is -2.08. The Labute approximate surface area is 118 Å². The summed E-state index contributed by atoms with van der Waals surface area (Å²) in [7, 11) is 0. The van der Waals surface area contributed by atoms with Gasteiger partial charge in [-0.3, -0.25) is 0 Å². The Hall–Kier alpha value is -0.830. The molecule has 1 aromatic heterocycles. The second-order valence-corrected chi connectivity index (χ2v) is 5.95. The minimum Gasteiger partial charge on any atom is -0.328 e. The summed E-state index contributed by atoms with van der Waals surface area (Å²) in [6, 6.07) is 8.41. The second kappa shape index (κ2) is 6.37. The SMILES string of the molecule is CCC(Br)CCCc1nc2ccccc2n1CC. The molecule has 0 saturated heterocycles. The molecule has 1 heterocycles. The third kappa shape index (κ3) is 2.94. The molecular weight excluding hydrogens is 288 g/mol. The van der Waals surface area contributed by atoms with Crippen molar-refractivity contribution in [2.45, 2.75) is 50.9 Å². The van der Waals surface area contributed by atoms with Crippen LogP contribution in [0.3, 0.4) is 0 Å². The van der Waals surface area contributed by atoms with Gasteiger partial charge in [-0.15, -0.1) is 0 Å². The molecular formula is C15H21BrN2. The molecule has 3 heteroatoms. The number of para-hydroxylation sites is 2. The second-order valence-electron chi connectivity index (χ2n) is 4.66. The number of hydrogen-bond acceptors (Lipinski definition) is 1. The van der Waals surface area contributed by atoms with E-state index in [1.807, 2.05) is 0 Å². The highest BCUT2D eigenvalue weighted by atomic mass is 79.9. The van der Waals surface area contributed by atoms with Crippen molar-refractivity contribution in [3.05, 3.63) is 30.1 Å². The molecule has 2 aromatic rings. The maximum absolute atomic E-state index is 4.75. The highest BCUT2D eigenvalue weighted by Gasteiger charge is 2.09. The lowest BCUT2D eigenvalue weighted by atomic mass is 10.1. The number of alkyl halides is 1. The highest BCUT2D eigenvalue weighted by Crippen LogP contribution is 2.19. The Bertz CT molecular complexity index is 504. The molecule has 0 bridgehead atoms. The molecule has 0 saturated carbocycles. The van der Waals surface area contributed by atoms with Gasteiger partial charge in [0.1, 0.15) is 5.82 Å². The van der Waals surface area contributed by atoms with Crippen LogP contribution in [0.4, 0.5) is 0 Å². The van der Waals surface area contributed by atoms with Crippen molar-refractivity contribution in [3.8, 4) is 0 Å². The quantitative estimate of drug-likeness (QED) is 0.716. The number of hydrogen-bond donors (Lipinski definition) is 0. The van der Waals surface area contributed by atoms with Crippen molar-refractivity contribution in [3.63, 3.8) is 0 Å². The van der Waals surface area contributed by atoms with Crippen LogP contribution in [0.25, 0.3) is 11.0 Å². The Morgan fingerprint density at radius 2 is 2.06 bits per heavy atom. The van der Waals surface area contributed by atoms with E-state index in [0.717, 1.165) is 18.5 Å². The predicted octanol–water partition coefficient (Wildman–Crippen LogP) is 4.55. The number of nitrogens with zero attached hydrogens (tertiary/aromatic N) is 2. The monoisotopic (exact) mass is 308 g/mol. The summed E-state index contributed by atoms with van der Waals surface area (Å²) in [6.07, 6.45) is 4.70. The highest BCUT2D eigenvalue weighted by molar-refractivity contribution is 9.09. The summed E-state index contributed by atoms with van der Waals surface area (Å²) in [5, 5.41) is 0. The van der Waals surface area contributed by atoms with Gasteiger partial charge < -0.3 is 4.57 Å². The fourth-order valence-corrected chi connectivity index (χ4v) is 2.68. The lowest BCUT2D eigenvalue weighted by Crippen LogP contribution is -2.03. The molecule has 98 valence electrons. The van der Waals surface area contributed by atoms with E-state index in [1.54, 1.807) is 0 Å². The standard InChI is InChI=1S/C15H21BrN2/c1-3-12(16)8-7-11-15-17-13-9-5-6-10-14(13)18(15)4-2/h5-6,9-10,12H,3-4,7-8,11H2,1-2H3. The third-order valence-corrected chi connectivity index (χ3v) is 4.52. The van der Waals surface area contributed by atoms with Gasteiger partial charge in [0.2, 0.25) is 0 Å². The molecule has 2 rings (SSSR count). The molecule has 0 aliphatic carbocycles. The van der Waals surface area contributed by atoms with Crippen LogP contribution >= 0.6 is 15.9 Å². The molecule has 2 nitrogen and oxygen atoms in total. The Kier molecular flexibility index (Phi) is 4.81. The van der Waals surface area contributed by atoms with Gasteiger partial charge in [-0.1, -0.05) is 35.0 Å². The number of benzene rings is 1. The lowest BCUT2D eigenvalue weighted by molar-refractivity contribution is 0.639. The van der Waals surface area contributed by atoms with Crippen molar-refractivity contribution < 1.29 is 0 Å². The first-order valence-corrected chi connectivity index (χ1v) is 7.76. The smallest absolute Gasteiger partial charge is 0.109 e. The van der Waals surface area contributed by atoms with E-state index >= 15 is 0 Å². The first-order valence-electron chi connectivity index (χ1n) is 6.84. The summed E-state index contributed by atoms with van der Waals surface area (Å²) >= 11 is 3.69. The van der Waals surface area contributed by atoms with Gasteiger partial charge in [0.15, 0.2) is 0 Å². The van der Waals surface area contributed by atoms with E-state index in [2.05, 4.69) is 58.6 Å². The molecule has 1 atom stereocenters. The minimum absolute atomic E-state index is 0.650.